The predicted molar refractivity (Wildman–Crippen MR) is 94.6 cm³/mol. The Kier molecular flexibility index (Phi) is 6.32. The molecule has 0 bridgehead atoms. The van der Waals surface area contributed by atoms with E-state index in [1.54, 1.807) is 37.3 Å². The number of carbonyl (C=O) groups excluding carboxylic acids is 2. The van der Waals surface area contributed by atoms with E-state index in [1.165, 1.54) is 0 Å². The lowest BCUT2D eigenvalue weighted by molar-refractivity contribution is -0.145. The fourth-order valence-corrected chi connectivity index (χ4v) is 2.29. The summed E-state index contributed by atoms with van der Waals surface area (Å²) in [4.78, 5) is 24.5. The lowest BCUT2D eigenvalue weighted by Crippen LogP contribution is -2.43. The van der Waals surface area contributed by atoms with Gasteiger partial charge in [-0.25, -0.2) is 4.79 Å². The van der Waals surface area contributed by atoms with Crippen molar-refractivity contribution in [3.63, 3.8) is 0 Å². The quantitative estimate of drug-likeness (QED) is 0.796. The summed E-state index contributed by atoms with van der Waals surface area (Å²) in [7, 11) is 0. The van der Waals surface area contributed by atoms with Crippen molar-refractivity contribution in [3.05, 3.63) is 77.9 Å². The van der Waals surface area contributed by atoms with Gasteiger partial charge in [0.2, 0.25) is 0 Å². The van der Waals surface area contributed by atoms with Crippen molar-refractivity contribution in [3.8, 4) is 0 Å². The predicted octanol–water partition coefficient (Wildman–Crippen LogP) is 3.23. The van der Waals surface area contributed by atoms with Gasteiger partial charge in [-0.3, -0.25) is 4.79 Å². The van der Waals surface area contributed by atoms with E-state index in [4.69, 9.17) is 4.74 Å². The fraction of sp³-hybridized carbons (Fsp3) is 0.200. The molecule has 2 rings (SSSR count). The van der Waals surface area contributed by atoms with Crippen molar-refractivity contribution in [2.45, 2.75) is 19.4 Å². The van der Waals surface area contributed by atoms with Gasteiger partial charge in [-0.2, -0.15) is 0 Å². The van der Waals surface area contributed by atoms with Gasteiger partial charge in [0, 0.05) is 12.0 Å². The molecule has 0 heterocycles. The average Bonchev–Trinajstić information content (AvgIpc) is 2.62. The Hall–Kier alpha value is -2.88. The molecule has 0 aliphatic carbocycles. The number of nitrogens with one attached hydrogen (secondary N) is 1. The molecular formula is C20H21NO3. The van der Waals surface area contributed by atoms with E-state index in [2.05, 4.69) is 11.9 Å². The van der Waals surface area contributed by atoms with E-state index in [0.29, 0.717) is 12.0 Å². The molecule has 0 spiro atoms. The molecule has 0 saturated heterocycles. The monoisotopic (exact) mass is 323 g/mol. The van der Waals surface area contributed by atoms with E-state index >= 15 is 0 Å². The van der Waals surface area contributed by atoms with Crippen LogP contribution < -0.4 is 5.32 Å². The van der Waals surface area contributed by atoms with Crippen molar-refractivity contribution >= 4 is 18.0 Å². The average molecular weight is 323 g/mol. The molecule has 4 heteroatoms. The van der Waals surface area contributed by atoms with Crippen LogP contribution in [0.15, 0.2) is 61.2 Å². The van der Waals surface area contributed by atoms with Crippen LogP contribution in [0.2, 0.25) is 0 Å². The van der Waals surface area contributed by atoms with Gasteiger partial charge in [-0.05, 0) is 30.2 Å². The maximum atomic E-state index is 12.3. The molecule has 1 N–H and O–H groups in total. The summed E-state index contributed by atoms with van der Waals surface area (Å²) >= 11 is 0. The van der Waals surface area contributed by atoms with Crippen molar-refractivity contribution in [1.29, 1.82) is 0 Å². The van der Waals surface area contributed by atoms with Gasteiger partial charge in [0.15, 0.2) is 0 Å². The van der Waals surface area contributed by atoms with Crippen LogP contribution in [0.1, 0.15) is 28.4 Å². The summed E-state index contributed by atoms with van der Waals surface area (Å²) in [5.41, 5.74) is 2.44. The van der Waals surface area contributed by atoms with Crippen molar-refractivity contribution < 1.29 is 14.3 Å². The Morgan fingerprint density at radius 2 is 1.79 bits per heavy atom. The second-order valence-electron chi connectivity index (χ2n) is 5.29. The number of ether oxygens (including phenoxy) is 1. The van der Waals surface area contributed by atoms with Crippen LogP contribution in [0.25, 0.3) is 6.08 Å². The molecule has 0 unspecified atom stereocenters. The van der Waals surface area contributed by atoms with Crippen LogP contribution >= 0.6 is 0 Å². The first-order valence-electron chi connectivity index (χ1n) is 7.88. The third-order valence-corrected chi connectivity index (χ3v) is 3.57. The molecule has 24 heavy (non-hydrogen) atoms. The van der Waals surface area contributed by atoms with Crippen molar-refractivity contribution in [2.75, 3.05) is 6.61 Å². The summed E-state index contributed by atoms with van der Waals surface area (Å²) in [6.07, 6.45) is 2.12. The second-order valence-corrected chi connectivity index (χ2v) is 5.29. The highest BCUT2D eigenvalue weighted by molar-refractivity contribution is 5.96. The summed E-state index contributed by atoms with van der Waals surface area (Å²) < 4.78 is 5.09. The van der Waals surface area contributed by atoms with Crippen molar-refractivity contribution in [2.24, 2.45) is 0 Å². The summed E-state index contributed by atoms with van der Waals surface area (Å²) in [6.45, 7) is 5.73. The van der Waals surface area contributed by atoms with Crippen LogP contribution in [0.4, 0.5) is 0 Å². The van der Waals surface area contributed by atoms with Crippen LogP contribution in [0.5, 0.6) is 0 Å². The molecule has 0 aliphatic heterocycles. The van der Waals surface area contributed by atoms with E-state index in [0.717, 1.165) is 11.1 Å². The number of benzene rings is 2. The highest BCUT2D eigenvalue weighted by atomic mass is 16.5. The molecule has 1 atom stereocenters. The van der Waals surface area contributed by atoms with Gasteiger partial charge in [0.25, 0.3) is 5.91 Å². The molecule has 0 fully saturated rings. The largest absolute Gasteiger partial charge is 0.464 e. The summed E-state index contributed by atoms with van der Waals surface area (Å²) in [6, 6.07) is 15.7. The van der Waals surface area contributed by atoms with Crippen molar-refractivity contribution in [1.82, 2.24) is 5.32 Å². The second kappa shape index (κ2) is 8.67. The third-order valence-electron chi connectivity index (χ3n) is 3.57. The Morgan fingerprint density at radius 1 is 1.12 bits per heavy atom. The molecule has 0 aromatic heterocycles. The van der Waals surface area contributed by atoms with Gasteiger partial charge in [0.1, 0.15) is 6.04 Å². The normalized spacial score (nSPS) is 11.4. The zero-order valence-corrected chi connectivity index (χ0v) is 13.7. The summed E-state index contributed by atoms with van der Waals surface area (Å²) in [5.74, 6) is -0.731. The van der Waals surface area contributed by atoms with E-state index in [-0.39, 0.29) is 12.5 Å². The minimum absolute atomic E-state index is 0.270. The van der Waals surface area contributed by atoms with Crippen LogP contribution in [0, 0.1) is 0 Å². The first-order chi connectivity index (χ1) is 11.6. The number of carbonyl (C=O) groups is 2. The van der Waals surface area contributed by atoms with Crippen LogP contribution in [0.3, 0.4) is 0 Å². The number of hydrogen-bond donors (Lipinski definition) is 1. The molecule has 0 radical (unpaired) electrons. The smallest absolute Gasteiger partial charge is 0.328 e. The fourth-order valence-electron chi connectivity index (χ4n) is 2.29. The van der Waals surface area contributed by atoms with Gasteiger partial charge >= 0.3 is 5.97 Å². The molecule has 2 aromatic rings. The van der Waals surface area contributed by atoms with Crippen LogP contribution in [-0.4, -0.2) is 24.5 Å². The number of hydrogen-bond acceptors (Lipinski definition) is 3. The van der Waals surface area contributed by atoms with Gasteiger partial charge in [0.05, 0.1) is 6.61 Å². The number of rotatable bonds is 7. The van der Waals surface area contributed by atoms with Gasteiger partial charge in [-0.1, -0.05) is 55.1 Å². The SMILES string of the molecule is C=Cc1ccc(C[C@H](NC(=O)c2ccccc2)C(=O)OCC)cc1. The van der Waals surface area contributed by atoms with E-state index < -0.39 is 12.0 Å². The first-order valence-corrected chi connectivity index (χ1v) is 7.88. The summed E-state index contributed by atoms with van der Waals surface area (Å²) in [5, 5.41) is 2.76. The molecule has 1 amide bonds. The maximum Gasteiger partial charge on any atom is 0.328 e. The van der Waals surface area contributed by atoms with E-state index in [9.17, 15) is 9.59 Å². The Morgan fingerprint density at radius 3 is 2.38 bits per heavy atom. The minimum atomic E-state index is -0.729. The highest BCUT2D eigenvalue weighted by Gasteiger charge is 2.23. The Balaban J connectivity index is 2.13. The molecule has 0 aliphatic rings. The van der Waals surface area contributed by atoms with Gasteiger partial charge < -0.3 is 10.1 Å². The zero-order chi connectivity index (χ0) is 17.4. The number of amides is 1. The third kappa shape index (κ3) is 4.81. The molecule has 124 valence electrons. The topological polar surface area (TPSA) is 55.4 Å². The lowest BCUT2D eigenvalue weighted by atomic mass is 10.0. The number of esters is 1. The zero-order valence-electron chi connectivity index (χ0n) is 13.7. The highest BCUT2D eigenvalue weighted by Crippen LogP contribution is 2.10. The Bertz CT molecular complexity index is 693. The van der Waals surface area contributed by atoms with Crippen LogP contribution in [-0.2, 0) is 16.0 Å². The molecule has 0 saturated carbocycles. The molecule has 4 nitrogen and oxygen atoms in total. The van der Waals surface area contributed by atoms with Gasteiger partial charge in [-0.15, -0.1) is 0 Å². The van der Waals surface area contributed by atoms with E-state index in [1.807, 2.05) is 30.3 Å². The Labute approximate surface area is 142 Å². The minimum Gasteiger partial charge on any atom is -0.464 e. The molecule has 2 aromatic carbocycles. The maximum absolute atomic E-state index is 12.3. The standard InChI is InChI=1S/C20H21NO3/c1-3-15-10-12-16(13-11-15)14-18(20(23)24-4-2)21-19(22)17-8-6-5-7-9-17/h3,5-13,18H,1,4,14H2,2H3,(H,21,22)/t18-/m0/s1. The lowest BCUT2D eigenvalue weighted by Gasteiger charge is -2.17. The molecular weight excluding hydrogens is 302 g/mol. The first kappa shape index (κ1) is 17.5.